The molecule has 10 heteroatoms. The van der Waals surface area contributed by atoms with Crippen LogP contribution in [0, 0.1) is 0 Å². The Bertz CT molecular complexity index is 1270. The molecule has 2 aromatic rings. The summed E-state index contributed by atoms with van der Waals surface area (Å²) in [5.41, 5.74) is 2.67. The van der Waals surface area contributed by atoms with Crippen molar-refractivity contribution in [2.24, 2.45) is 0 Å². The fraction of sp³-hybridized carbons (Fsp3) is 0.529. The quantitative estimate of drug-likeness (QED) is 0.199. The van der Waals surface area contributed by atoms with Crippen LogP contribution >= 0.6 is 0 Å². The van der Waals surface area contributed by atoms with Gasteiger partial charge in [-0.15, -0.1) is 0 Å². The van der Waals surface area contributed by atoms with Crippen LogP contribution in [-0.2, 0) is 19.1 Å². The van der Waals surface area contributed by atoms with Gasteiger partial charge in [0.15, 0.2) is 0 Å². The number of nitrogens with zero attached hydrogens (tertiary/aromatic N) is 1. The van der Waals surface area contributed by atoms with Crippen molar-refractivity contribution in [3.8, 4) is 11.1 Å². The Labute approximate surface area is 260 Å². The van der Waals surface area contributed by atoms with Crippen molar-refractivity contribution in [1.29, 1.82) is 0 Å². The molecule has 0 heterocycles. The molecule has 0 unspecified atom stereocenters. The van der Waals surface area contributed by atoms with Crippen LogP contribution in [0.4, 0.5) is 4.79 Å². The third-order valence-electron chi connectivity index (χ3n) is 8.05. The van der Waals surface area contributed by atoms with Crippen LogP contribution in [0.15, 0.2) is 48.5 Å². The minimum absolute atomic E-state index is 0.0873. The summed E-state index contributed by atoms with van der Waals surface area (Å²) in [4.78, 5) is 51.3. The van der Waals surface area contributed by atoms with E-state index in [0.29, 0.717) is 38.8 Å². The second kappa shape index (κ2) is 15.2. The van der Waals surface area contributed by atoms with Gasteiger partial charge in [-0.25, -0.2) is 9.59 Å². The second-order valence-corrected chi connectivity index (χ2v) is 12.7. The number of carboxylic acid groups (broad SMARTS) is 1. The van der Waals surface area contributed by atoms with Crippen molar-refractivity contribution in [2.45, 2.75) is 96.2 Å². The van der Waals surface area contributed by atoms with Crippen LogP contribution in [0.2, 0.25) is 0 Å². The molecule has 0 aliphatic heterocycles. The Morgan fingerprint density at radius 3 is 2.09 bits per heavy atom. The third kappa shape index (κ3) is 9.54. The maximum Gasteiger partial charge on any atom is 0.407 e. The zero-order chi connectivity index (χ0) is 32.5. The van der Waals surface area contributed by atoms with Gasteiger partial charge in [-0.05, 0) is 75.6 Å². The summed E-state index contributed by atoms with van der Waals surface area (Å²) < 4.78 is 5.49. The second-order valence-electron chi connectivity index (χ2n) is 12.7. The van der Waals surface area contributed by atoms with Crippen molar-refractivity contribution >= 4 is 23.9 Å². The molecule has 0 spiro atoms. The van der Waals surface area contributed by atoms with E-state index in [9.17, 15) is 29.4 Å². The molecule has 0 bridgehead atoms. The molecule has 3 rings (SSSR count). The maximum atomic E-state index is 12.7. The summed E-state index contributed by atoms with van der Waals surface area (Å²) in [6.45, 7) is 9.55. The number of fused-ring (bicyclic) bond motifs is 3. The Balaban J connectivity index is 1.43. The highest BCUT2D eigenvalue weighted by Crippen LogP contribution is 2.44. The first-order valence-corrected chi connectivity index (χ1v) is 15.4. The molecule has 4 N–H and O–H groups in total. The van der Waals surface area contributed by atoms with E-state index in [2.05, 4.69) is 10.6 Å². The molecule has 10 nitrogen and oxygen atoms in total. The van der Waals surface area contributed by atoms with E-state index in [1.807, 2.05) is 62.4 Å². The lowest BCUT2D eigenvalue weighted by Gasteiger charge is -2.39. The zero-order valence-electron chi connectivity index (χ0n) is 26.5. The third-order valence-corrected chi connectivity index (χ3v) is 8.05. The van der Waals surface area contributed by atoms with Crippen molar-refractivity contribution in [3.05, 3.63) is 59.7 Å². The van der Waals surface area contributed by atoms with Crippen molar-refractivity contribution in [3.63, 3.8) is 0 Å². The van der Waals surface area contributed by atoms with Crippen LogP contribution in [0.25, 0.3) is 11.1 Å². The van der Waals surface area contributed by atoms with Gasteiger partial charge in [-0.2, -0.15) is 0 Å². The van der Waals surface area contributed by atoms with Gasteiger partial charge in [0.2, 0.25) is 11.8 Å². The standard InChI is InChI=1S/C34H47N3O7/c1-6-30(39)37(20-18-34(4,5)43)33(2,3)21-29(38)35-19-12-11-17-28(31(40)41)36-32(42)44-22-27-25-15-9-7-13-23(25)24-14-8-10-16-26(24)27/h7-10,13-16,27-28,43H,6,11-12,17-22H2,1-5H3,(H,35,38)(H,36,42)(H,40,41)/t28-/m0/s1. The summed E-state index contributed by atoms with van der Waals surface area (Å²) >= 11 is 0. The van der Waals surface area contributed by atoms with E-state index in [-0.39, 0.29) is 37.2 Å². The Morgan fingerprint density at radius 1 is 0.955 bits per heavy atom. The number of alkyl carbamates (subject to hydrolysis) is 1. The van der Waals surface area contributed by atoms with E-state index in [1.165, 1.54) is 0 Å². The molecule has 0 saturated heterocycles. The largest absolute Gasteiger partial charge is 0.480 e. The molecule has 0 saturated carbocycles. The Hall–Kier alpha value is -3.92. The lowest BCUT2D eigenvalue weighted by molar-refractivity contribution is -0.140. The molecular weight excluding hydrogens is 562 g/mol. The first kappa shape index (κ1) is 34.6. The highest BCUT2D eigenvalue weighted by Gasteiger charge is 2.33. The molecule has 0 radical (unpaired) electrons. The minimum Gasteiger partial charge on any atom is -0.480 e. The van der Waals surface area contributed by atoms with Gasteiger partial charge >= 0.3 is 12.1 Å². The summed E-state index contributed by atoms with van der Waals surface area (Å²) in [5, 5.41) is 25.1. The first-order chi connectivity index (χ1) is 20.7. The van der Waals surface area contributed by atoms with Gasteiger partial charge in [0.25, 0.3) is 0 Å². The van der Waals surface area contributed by atoms with Gasteiger partial charge in [-0.3, -0.25) is 9.59 Å². The van der Waals surface area contributed by atoms with Crippen LogP contribution in [0.3, 0.4) is 0 Å². The predicted octanol–water partition coefficient (Wildman–Crippen LogP) is 4.83. The van der Waals surface area contributed by atoms with E-state index >= 15 is 0 Å². The highest BCUT2D eigenvalue weighted by atomic mass is 16.5. The number of aliphatic hydroxyl groups is 1. The average Bonchev–Trinajstić information content (AvgIpc) is 3.27. The van der Waals surface area contributed by atoms with Gasteiger partial charge in [-0.1, -0.05) is 55.5 Å². The molecule has 0 fully saturated rings. The minimum atomic E-state index is -1.16. The van der Waals surface area contributed by atoms with Gasteiger partial charge in [0.1, 0.15) is 12.6 Å². The number of hydrogen-bond acceptors (Lipinski definition) is 6. The van der Waals surface area contributed by atoms with Crippen LogP contribution < -0.4 is 10.6 Å². The van der Waals surface area contributed by atoms with Crippen LogP contribution in [0.5, 0.6) is 0 Å². The van der Waals surface area contributed by atoms with E-state index in [0.717, 1.165) is 22.3 Å². The molecule has 1 aliphatic carbocycles. The van der Waals surface area contributed by atoms with Crippen molar-refractivity contribution in [1.82, 2.24) is 15.5 Å². The van der Waals surface area contributed by atoms with E-state index < -0.39 is 29.2 Å². The number of amides is 3. The van der Waals surface area contributed by atoms with Gasteiger partial charge in [0, 0.05) is 37.4 Å². The number of aliphatic carboxylic acids is 1. The van der Waals surface area contributed by atoms with Crippen molar-refractivity contribution < 1.29 is 34.1 Å². The molecule has 3 amide bonds. The van der Waals surface area contributed by atoms with Crippen LogP contribution in [0.1, 0.15) is 90.2 Å². The maximum absolute atomic E-state index is 12.7. The van der Waals surface area contributed by atoms with Gasteiger partial charge < -0.3 is 30.5 Å². The summed E-state index contributed by atoms with van der Waals surface area (Å²) in [7, 11) is 0. The van der Waals surface area contributed by atoms with Crippen LogP contribution in [-0.4, -0.2) is 75.9 Å². The first-order valence-electron chi connectivity index (χ1n) is 15.4. The monoisotopic (exact) mass is 609 g/mol. The fourth-order valence-corrected chi connectivity index (χ4v) is 5.63. The fourth-order valence-electron chi connectivity index (χ4n) is 5.63. The SMILES string of the molecule is CCC(=O)N(CCC(C)(C)O)C(C)(C)CC(=O)NCCCC[C@H](NC(=O)OCC1c2ccccc2-c2ccccc21)C(=O)O. The molecule has 0 aromatic heterocycles. The highest BCUT2D eigenvalue weighted by molar-refractivity contribution is 5.82. The molecule has 1 atom stereocenters. The van der Waals surface area contributed by atoms with E-state index in [4.69, 9.17) is 4.74 Å². The number of carbonyl (C=O) groups is 4. The molecular formula is C34H47N3O7. The summed E-state index contributed by atoms with van der Waals surface area (Å²) in [6.07, 6.45) is 1.13. The number of hydrogen-bond donors (Lipinski definition) is 4. The summed E-state index contributed by atoms with van der Waals surface area (Å²) in [6, 6.07) is 14.8. The van der Waals surface area contributed by atoms with Gasteiger partial charge in [0.05, 0.1) is 5.60 Å². The Kier molecular flexibility index (Phi) is 11.9. The molecule has 2 aromatic carbocycles. The number of carboxylic acids is 1. The zero-order valence-corrected chi connectivity index (χ0v) is 26.5. The number of nitrogens with one attached hydrogen (secondary N) is 2. The lowest BCUT2D eigenvalue weighted by Crippen LogP contribution is -2.51. The molecule has 44 heavy (non-hydrogen) atoms. The number of benzene rings is 2. The number of ether oxygens (including phenoxy) is 1. The smallest absolute Gasteiger partial charge is 0.407 e. The number of rotatable bonds is 16. The topological polar surface area (TPSA) is 145 Å². The number of unbranched alkanes of at least 4 members (excludes halogenated alkanes) is 1. The normalized spacial score (nSPS) is 13.4. The number of carbonyl (C=O) groups excluding carboxylic acids is 3. The van der Waals surface area contributed by atoms with E-state index in [1.54, 1.807) is 25.7 Å². The predicted molar refractivity (Wildman–Crippen MR) is 168 cm³/mol. The lowest BCUT2D eigenvalue weighted by atomic mass is 9.95. The molecule has 1 aliphatic rings. The Morgan fingerprint density at radius 2 is 1.55 bits per heavy atom. The molecule has 240 valence electrons. The average molecular weight is 610 g/mol. The summed E-state index contributed by atoms with van der Waals surface area (Å²) in [5.74, 6) is -1.59. The van der Waals surface area contributed by atoms with Crippen molar-refractivity contribution in [2.75, 3.05) is 19.7 Å².